The van der Waals surface area contributed by atoms with Crippen LogP contribution < -0.4 is 0 Å². The Kier molecular flexibility index (Phi) is 4.22. The fourth-order valence-electron chi connectivity index (χ4n) is 2.83. The van der Waals surface area contributed by atoms with Gasteiger partial charge in [0.25, 0.3) is 5.91 Å². The topological polar surface area (TPSA) is 77.0 Å². The van der Waals surface area contributed by atoms with Gasteiger partial charge < -0.3 is 9.42 Å². The molecular formula is C15H21N5O2. The molecule has 1 saturated heterocycles. The number of rotatable bonds is 4. The molecule has 0 spiro atoms. The minimum atomic E-state index is -0.0178. The van der Waals surface area contributed by atoms with Crippen LogP contribution in [0.15, 0.2) is 16.8 Å². The number of hydrogen-bond acceptors (Lipinski definition) is 5. The maximum atomic E-state index is 12.6. The summed E-state index contributed by atoms with van der Waals surface area (Å²) >= 11 is 0. The molecule has 0 unspecified atom stereocenters. The average Bonchev–Trinajstić information content (AvgIpc) is 3.16. The third kappa shape index (κ3) is 3.03. The minimum absolute atomic E-state index is 0.0178. The lowest BCUT2D eigenvalue weighted by molar-refractivity contribution is 0.0688. The van der Waals surface area contributed by atoms with Gasteiger partial charge in [0, 0.05) is 25.8 Å². The maximum absolute atomic E-state index is 12.6. The zero-order chi connectivity index (χ0) is 15.5. The first-order chi connectivity index (χ1) is 10.7. The molecule has 3 rings (SSSR count). The molecule has 0 radical (unpaired) electrons. The van der Waals surface area contributed by atoms with Crippen molar-refractivity contribution in [2.75, 3.05) is 13.1 Å². The lowest BCUT2D eigenvalue weighted by atomic mass is 9.97. The normalized spacial score (nSPS) is 18.6. The second-order valence-corrected chi connectivity index (χ2v) is 5.73. The molecule has 0 saturated carbocycles. The van der Waals surface area contributed by atoms with Gasteiger partial charge in [0.15, 0.2) is 5.82 Å². The van der Waals surface area contributed by atoms with Crippen molar-refractivity contribution in [3.8, 4) is 0 Å². The molecule has 0 N–H and O–H groups in total. The molecule has 7 nitrogen and oxygen atoms in total. The van der Waals surface area contributed by atoms with E-state index in [-0.39, 0.29) is 11.8 Å². The van der Waals surface area contributed by atoms with Crippen LogP contribution in [0.25, 0.3) is 0 Å². The molecule has 2 aromatic heterocycles. The molecule has 7 heteroatoms. The monoisotopic (exact) mass is 303 g/mol. The second kappa shape index (κ2) is 6.29. The summed E-state index contributed by atoms with van der Waals surface area (Å²) in [5, 5.41) is 8.19. The van der Waals surface area contributed by atoms with Crippen molar-refractivity contribution in [2.24, 2.45) is 0 Å². The van der Waals surface area contributed by atoms with E-state index in [0.717, 1.165) is 32.4 Å². The molecule has 1 aliphatic heterocycles. The number of carbonyl (C=O) groups excluding carboxylic acids is 1. The molecular weight excluding hydrogens is 282 g/mol. The SMILES string of the molecule is CCCn1ccc(C(=O)N2CCC[C@H](c3nc(C)no3)C2)n1. The first-order valence-electron chi connectivity index (χ1n) is 7.80. The Labute approximate surface area is 129 Å². The largest absolute Gasteiger partial charge is 0.339 e. The van der Waals surface area contributed by atoms with Crippen LogP contribution in [0, 0.1) is 6.92 Å². The zero-order valence-electron chi connectivity index (χ0n) is 13.0. The van der Waals surface area contributed by atoms with Gasteiger partial charge in [0.2, 0.25) is 5.89 Å². The Morgan fingerprint density at radius 2 is 2.36 bits per heavy atom. The van der Waals surface area contributed by atoms with Gasteiger partial charge in [-0.15, -0.1) is 0 Å². The Morgan fingerprint density at radius 1 is 1.50 bits per heavy atom. The van der Waals surface area contributed by atoms with Crippen molar-refractivity contribution >= 4 is 5.91 Å². The molecule has 1 atom stereocenters. The van der Waals surface area contributed by atoms with E-state index >= 15 is 0 Å². The molecule has 2 aromatic rings. The van der Waals surface area contributed by atoms with Crippen molar-refractivity contribution in [2.45, 2.75) is 45.6 Å². The number of piperidine rings is 1. The van der Waals surface area contributed by atoms with Gasteiger partial charge in [-0.25, -0.2) is 0 Å². The number of nitrogens with zero attached hydrogens (tertiary/aromatic N) is 5. The zero-order valence-corrected chi connectivity index (χ0v) is 13.0. The van der Waals surface area contributed by atoms with Crippen molar-refractivity contribution < 1.29 is 9.32 Å². The lowest BCUT2D eigenvalue weighted by Crippen LogP contribution is -2.39. The summed E-state index contributed by atoms with van der Waals surface area (Å²) in [6.07, 6.45) is 4.76. The summed E-state index contributed by atoms with van der Waals surface area (Å²) in [7, 11) is 0. The Bertz CT molecular complexity index is 648. The number of aryl methyl sites for hydroxylation is 2. The van der Waals surface area contributed by atoms with Crippen LogP contribution in [0.3, 0.4) is 0 Å². The first-order valence-corrected chi connectivity index (χ1v) is 7.80. The highest BCUT2D eigenvalue weighted by Gasteiger charge is 2.29. The van der Waals surface area contributed by atoms with E-state index in [1.165, 1.54) is 0 Å². The van der Waals surface area contributed by atoms with Crippen molar-refractivity contribution in [1.82, 2.24) is 24.8 Å². The number of likely N-dealkylation sites (tertiary alicyclic amines) is 1. The number of carbonyl (C=O) groups is 1. The minimum Gasteiger partial charge on any atom is -0.339 e. The predicted octanol–water partition coefficient (Wildman–Crippen LogP) is 2.00. The fourth-order valence-corrected chi connectivity index (χ4v) is 2.83. The summed E-state index contributed by atoms with van der Waals surface area (Å²) in [6.45, 7) is 6.09. The fraction of sp³-hybridized carbons (Fsp3) is 0.600. The summed E-state index contributed by atoms with van der Waals surface area (Å²) in [6, 6.07) is 1.79. The molecule has 0 bridgehead atoms. The number of amides is 1. The summed E-state index contributed by atoms with van der Waals surface area (Å²) in [4.78, 5) is 18.7. The third-order valence-corrected chi connectivity index (χ3v) is 3.91. The average molecular weight is 303 g/mol. The summed E-state index contributed by atoms with van der Waals surface area (Å²) in [5.41, 5.74) is 0.510. The standard InChI is InChI=1S/C15H21N5O2/c1-3-7-20-9-6-13(17-20)15(21)19-8-4-5-12(10-19)14-16-11(2)18-22-14/h6,9,12H,3-5,7-8,10H2,1-2H3/t12-/m0/s1. The first kappa shape index (κ1) is 14.7. The predicted molar refractivity (Wildman–Crippen MR) is 79.4 cm³/mol. The van der Waals surface area contributed by atoms with Gasteiger partial charge in [0.05, 0.1) is 5.92 Å². The van der Waals surface area contributed by atoms with Gasteiger partial charge in [-0.1, -0.05) is 12.1 Å². The van der Waals surface area contributed by atoms with E-state index in [2.05, 4.69) is 22.2 Å². The van der Waals surface area contributed by atoms with Crippen molar-refractivity contribution in [3.63, 3.8) is 0 Å². The number of hydrogen-bond donors (Lipinski definition) is 0. The highest BCUT2D eigenvalue weighted by Crippen LogP contribution is 2.26. The van der Waals surface area contributed by atoms with Crippen LogP contribution in [-0.2, 0) is 6.54 Å². The van der Waals surface area contributed by atoms with E-state index < -0.39 is 0 Å². The van der Waals surface area contributed by atoms with Gasteiger partial charge in [0.1, 0.15) is 5.69 Å². The molecule has 3 heterocycles. The third-order valence-electron chi connectivity index (χ3n) is 3.91. The van der Waals surface area contributed by atoms with Gasteiger partial charge in [-0.2, -0.15) is 10.1 Å². The van der Waals surface area contributed by atoms with Crippen molar-refractivity contribution in [1.29, 1.82) is 0 Å². The van der Waals surface area contributed by atoms with E-state index in [1.807, 2.05) is 15.8 Å². The van der Waals surface area contributed by atoms with Crippen LogP contribution in [-0.4, -0.2) is 43.8 Å². The van der Waals surface area contributed by atoms with Crippen LogP contribution in [0.5, 0.6) is 0 Å². The molecule has 1 aliphatic rings. The van der Waals surface area contributed by atoms with Gasteiger partial charge in [-0.3, -0.25) is 9.48 Å². The Morgan fingerprint density at radius 3 is 3.09 bits per heavy atom. The highest BCUT2D eigenvalue weighted by atomic mass is 16.5. The molecule has 118 valence electrons. The molecule has 22 heavy (non-hydrogen) atoms. The Balaban J connectivity index is 1.69. The maximum Gasteiger partial charge on any atom is 0.274 e. The second-order valence-electron chi connectivity index (χ2n) is 5.73. The van der Waals surface area contributed by atoms with Crippen LogP contribution >= 0.6 is 0 Å². The van der Waals surface area contributed by atoms with Gasteiger partial charge >= 0.3 is 0 Å². The highest BCUT2D eigenvalue weighted by molar-refractivity contribution is 5.92. The molecule has 1 fully saturated rings. The van der Waals surface area contributed by atoms with Crippen molar-refractivity contribution in [3.05, 3.63) is 29.7 Å². The summed E-state index contributed by atoms with van der Waals surface area (Å²) < 4.78 is 7.07. The quantitative estimate of drug-likeness (QED) is 0.863. The van der Waals surface area contributed by atoms with Crippen LogP contribution in [0.2, 0.25) is 0 Å². The molecule has 0 aliphatic carbocycles. The van der Waals surface area contributed by atoms with E-state index in [4.69, 9.17) is 4.52 Å². The van der Waals surface area contributed by atoms with Crippen LogP contribution in [0.4, 0.5) is 0 Å². The molecule has 0 aromatic carbocycles. The van der Waals surface area contributed by atoms with E-state index in [1.54, 1.807) is 13.0 Å². The van der Waals surface area contributed by atoms with E-state index in [9.17, 15) is 4.79 Å². The smallest absolute Gasteiger partial charge is 0.274 e. The summed E-state index contributed by atoms with van der Waals surface area (Å²) in [5.74, 6) is 1.37. The van der Waals surface area contributed by atoms with Gasteiger partial charge in [-0.05, 0) is 32.3 Å². The Hall–Kier alpha value is -2.18. The van der Waals surface area contributed by atoms with Crippen LogP contribution in [0.1, 0.15) is 54.3 Å². The lowest BCUT2D eigenvalue weighted by Gasteiger charge is -2.30. The van der Waals surface area contributed by atoms with E-state index in [0.29, 0.717) is 24.0 Å². The molecule has 1 amide bonds. The number of aromatic nitrogens is 4.